The van der Waals surface area contributed by atoms with Gasteiger partial charge in [-0.05, 0) is 49.1 Å². The third kappa shape index (κ3) is 5.01. The second kappa shape index (κ2) is 10.4. The van der Waals surface area contributed by atoms with Gasteiger partial charge in [0.2, 0.25) is 11.8 Å². The Morgan fingerprint density at radius 2 is 1.82 bits per heavy atom. The number of likely N-dealkylation sites (tertiary alicyclic amines) is 2. The first kappa shape index (κ1) is 24.0. The van der Waals surface area contributed by atoms with Crippen LogP contribution >= 0.6 is 11.8 Å². The quantitative estimate of drug-likeness (QED) is 0.457. The monoisotopic (exact) mass is 483 g/mol. The summed E-state index contributed by atoms with van der Waals surface area (Å²) < 4.78 is 10.3. The number of carbonyl (C=O) groups is 2. The van der Waals surface area contributed by atoms with Crippen molar-refractivity contribution < 1.29 is 19.1 Å². The Bertz CT molecular complexity index is 1080. The van der Waals surface area contributed by atoms with Crippen LogP contribution in [0.1, 0.15) is 35.2 Å². The molecule has 1 spiro atoms. The van der Waals surface area contributed by atoms with Gasteiger partial charge in [-0.3, -0.25) is 9.59 Å². The highest BCUT2D eigenvalue weighted by atomic mass is 32.2. The third-order valence-electron chi connectivity index (χ3n) is 6.60. The molecule has 10 heteroatoms. The van der Waals surface area contributed by atoms with Crippen molar-refractivity contribution in [2.45, 2.75) is 24.3 Å². The van der Waals surface area contributed by atoms with Crippen LogP contribution in [0.2, 0.25) is 0 Å². The minimum atomic E-state index is -0.0479. The van der Waals surface area contributed by atoms with Gasteiger partial charge in [0.1, 0.15) is 5.03 Å². The summed E-state index contributed by atoms with van der Waals surface area (Å²) in [6.07, 6.45) is 11.2. The Morgan fingerprint density at radius 3 is 2.50 bits per heavy atom. The maximum Gasteiger partial charge on any atom is 0.319 e. The minimum Gasteiger partial charge on any atom is -0.480 e. The number of pyridine rings is 1. The lowest BCUT2D eigenvalue weighted by atomic mass is 9.77. The summed E-state index contributed by atoms with van der Waals surface area (Å²) in [6, 6.07) is 3.86. The fourth-order valence-electron chi connectivity index (χ4n) is 4.60. The number of aromatic nitrogens is 3. The molecule has 4 rings (SSSR count). The molecule has 0 atom stereocenters. The molecule has 0 N–H and O–H groups in total. The Kier molecular flexibility index (Phi) is 7.35. The van der Waals surface area contributed by atoms with Gasteiger partial charge in [-0.2, -0.15) is 4.98 Å². The van der Waals surface area contributed by atoms with Crippen LogP contribution in [0, 0.1) is 5.41 Å². The van der Waals surface area contributed by atoms with Crippen molar-refractivity contribution in [3.63, 3.8) is 0 Å². The van der Waals surface area contributed by atoms with Crippen molar-refractivity contribution in [3.8, 4) is 11.9 Å². The Hall–Kier alpha value is -3.14. The molecule has 2 aliphatic heterocycles. The van der Waals surface area contributed by atoms with Crippen molar-refractivity contribution >= 4 is 29.7 Å². The predicted molar refractivity (Wildman–Crippen MR) is 129 cm³/mol. The minimum absolute atomic E-state index is 0.0387. The van der Waals surface area contributed by atoms with Gasteiger partial charge in [0.15, 0.2) is 0 Å². The summed E-state index contributed by atoms with van der Waals surface area (Å²) in [5.74, 6) is 0.342. The van der Waals surface area contributed by atoms with Crippen LogP contribution in [0.25, 0.3) is 6.08 Å². The fourth-order valence-corrected chi connectivity index (χ4v) is 5.15. The molecule has 2 fully saturated rings. The van der Waals surface area contributed by atoms with E-state index in [9.17, 15) is 9.59 Å². The molecule has 180 valence electrons. The van der Waals surface area contributed by atoms with Crippen LogP contribution in [-0.2, 0) is 4.79 Å². The molecule has 2 aromatic heterocycles. The molecule has 2 amide bonds. The number of rotatable bonds is 6. The number of carbonyl (C=O) groups excluding carboxylic acids is 2. The van der Waals surface area contributed by atoms with Gasteiger partial charge in [-0.25, -0.2) is 9.97 Å². The zero-order valence-electron chi connectivity index (χ0n) is 19.7. The van der Waals surface area contributed by atoms with Crippen molar-refractivity contribution in [1.82, 2.24) is 24.8 Å². The number of hydrogen-bond acceptors (Lipinski definition) is 8. The van der Waals surface area contributed by atoms with E-state index in [0.717, 1.165) is 24.3 Å². The van der Waals surface area contributed by atoms with Gasteiger partial charge in [0, 0.05) is 44.6 Å². The van der Waals surface area contributed by atoms with Gasteiger partial charge in [0.05, 0.1) is 25.3 Å². The molecule has 4 heterocycles. The molecule has 2 aliphatic rings. The Balaban J connectivity index is 1.35. The lowest BCUT2D eigenvalue weighted by Crippen LogP contribution is -2.44. The fraction of sp³-hybridized carbons (Fsp3) is 0.458. The van der Waals surface area contributed by atoms with E-state index in [2.05, 4.69) is 15.0 Å². The third-order valence-corrected chi connectivity index (χ3v) is 7.31. The lowest BCUT2D eigenvalue weighted by molar-refractivity contribution is -0.125. The normalized spacial score (nSPS) is 17.4. The number of thioether (sulfide) groups is 1. The summed E-state index contributed by atoms with van der Waals surface area (Å²) in [5, 5.41) is 0.760. The van der Waals surface area contributed by atoms with Crippen molar-refractivity contribution in [2.24, 2.45) is 5.41 Å². The molecule has 0 saturated carbocycles. The van der Waals surface area contributed by atoms with E-state index in [1.54, 1.807) is 24.5 Å². The lowest BCUT2D eigenvalue weighted by Gasteiger charge is -2.39. The van der Waals surface area contributed by atoms with Gasteiger partial charge in [0.25, 0.3) is 5.91 Å². The van der Waals surface area contributed by atoms with E-state index in [-0.39, 0.29) is 23.2 Å². The smallest absolute Gasteiger partial charge is 0.319 e. The van der Waals surface area contributed by atoms with Gasteiger partial charge < -0.3 is 19.3 Å². The highest BCUT2D eigenvalue weighted by molar-refractivity contribution is 7.98. The first-order chi connectivity index (χ1) is 16.5. The predicted octanol–water partition coefficient (Wildman–Crippen LogP) is 2.78. The number of methoxy groups -OCH3 is 2. The number of hydrogen-bond donors (Lipinski definition) is 0. The molecule has 2 saturated heterocycles. The van der Waals surface area contributed by atoms with Gasteiger partial charge >= 0.3 is 6.01 Å². The van der Waals surface area contributed by atoms with E-state index in [1.807, 2.05) is 22.1 Å². The van der Waals surface area contributed by atoms with Gasteiger partial charge in [-0.1, -0.05) is 0 Å². The van der Waals surface area contributed by atoms with Crippen molar-refractivity contribution in [3.05, 3.63) is 41.7 Å². The number of amides is 2. The Morgan fingerprint density at radius 1 is 1.09 bits per heavy atom. The van der Waals surface area contributed by atoms with Gasteiger partial charge in [-0.15, -0.1) is 11.8 Å². The largest absolute Gasteiger partial charge is 0.480 e. The molecule has 0 unspecified atom stereocenters. The molecule has 0 radical (unpaired) electrons. The van der Waals surface area contributed by atoms with E-state index < -0.39 is 0 Å². The highest BCUT2D eigenvalue weighted by Crippen LogP contribution is 2.41. The van der Waals surface area contributed by atoms with Crippen molar-refractivity contribution in [1.29, 1.82) is 0 Å². The zero-order valence-corrected chi connectivity index (χ0v) is 20.5. The van der Waals surface area contributed by atoms with Crippen LogP contribution in [0.5, 0.6) is 11.9 Å². The zero-order chi connectivity index (χ0) is 24.1. The molecular formula is C24H29N5O4S. The first-order valence-electron chi connectivity index (χ1n) is 11.2. The SMILES string of the molecule is COc1ncc(/C=C/C(=O)N2CCC3(CCN(C(=O)c4cccnc4SC)CC3)C2)c(OC)n1. The summed E-state index contributed by atoms with van der Waals surface area (Å²) in [6.45, 7) is 2.81. The van der Waals surface area contributed by atoms with Crippen LogP contribution < -0.4 is 9.47 Å². The second-order valence-electron chi connectivity index (χ2n) is 8.52. The molecule has 34 heavy (non-hydrogen) atoms. The molecule has 2 aromatic rings. The molecule has 0 aliphatic carbocycles. The Labute approximate surface area is 203 Å². The van der Waals surface area contributed by atoms with Crippen LogP contribution in [0.15, 0.2) is 35.6 Å². The molecule has 9 nitrogen and oxygen atoms in total. The highest BCUT2D eigenvalue weighted by Gasteiger charge is 2.42. The maximum absolute atomic E-state index is 13.0. The second-order valence-corrected chi connectivity index (χ2v) is 9.31. The van der Waals surface area contributed by atoms with Crippen LogP contribution in [0.4, 0.5) is 0 Å². The molecule has 0 bridgehead atoms. The average Bonchev–Trinajstić information content (AvgIpc) is 3.30. The number of piperidine rings is 1. The first-order valence-corrected chi connectivity index (χ1v) is 12.4. The van der Waals surface area contributed by atoms with Crippen LogP contribution in [0.3, 0.4) is 0 Å². The molecule has 0 aromatic carbocycles. The maximum atomic E-state index is 13.0. The number of ether oxygens (including phenoxy) is 2. The topological polar surface area (TPSA) is 97.8 Å². The van der Waals surface area contributed by atoms with E-state index in [4.69, 9.17) is 9.47 Å². The average molecular weight is 484 g/mol. The van der Waals surface area contributed by atoms with E-state index >= 15 is 0 Å². The van der Waals surface area contributed by atoms with Crippen LogP contribution in [-0.4, -0.2) is 83.2 Å². The van der Waals surface area contributed by atoms with E-state index in [0.29, 0.717) is 43.2 Å². The summed E-state index contributed by atoms with van der Waals surface area (Å²) >= 11 is 1.49. The standard InChI is InChI=1S/C24H29N5O4S/c1-32-20-17(15-26-23(27-20)33-2)6-7-19(30)29-14-10-24(16-29)8-12-28(13-9-24)22(31)18-5-4-11-25-21(18)34-3/h4-7,11,15H,8-10,12-14,16H2,1-3H3/b7-6+. The van der Waals surface area contributed by atoms with Crippen molar-refractivity contribution in [2.75, 3.05) is 46.7 Å². The summed E-state index contributed by atoms with van der Waals surface area (Å²) in [4.78, 5) is 42.2. The van der Waals surface area contributed by atoms with E-state index in [1.165, 1.54) is 32.1 Å². The summed E-state index contributed by atoms with van der Waals surface area (Å²) in [5.41, 5.74) is 1.34. The number of nitrogens with zero attached hydrogens (tertiary/aromatic N) is 5. The summed E-state index contributed by atoms with van der Waals surface area (Å²) in [7, 11) is 3.00. The molecular weight excluding hydrogens is 454 g/mol.